The van der Waals surface area contributed by atoms with Crippen molar-refractivity contribution in [2.24, 2.45) is 0 Å². The van der Waals surface area contributed by atoms with E-state index >= 15 is 0 Å². The molecule has 5 aromatic rings. The predicted octanol–water partition coefficient (Wildman–Crippen LogP) is 1.36. The molecule has 0 saturated heterocycles. The van der Waals surface area contributed by atoms with E-state index in [1.807, 2.05) is 6.07 Å². The minimum Gasteiger partial charge on any atom is -0.353 e. The first kappa shape index (κ1) is 13.4. The molecule has 7 nitrogen and oxygen atoms in total. The Morgan fingerprint density at radius 1 is 0.625 bits per heavy atom. The van der Waals surface area contributed by atoms with E-state index in [-0.39, 0.29) is 21.5 Å². The van der Waals surface area contributed by atoms with Gasteiger partial charge in [0.15, 0.2) is 0 Å². The van der Waals surface area contributed by atoms with Crippen LogP contribution in [-0.2, 0) is 0 Å². The molecule has 0 amide bonds. The zero-order valence-electron chi connectivity index (χ0n) is 11.7. The molecule has 0 fully saturated rings. The third-order valence-corrected chi connectivity index (χ3v) is 5.06. The van der Waals surface area contributed by atoms with Crippen LogP contribution < -0.4 is 22.2 Å². The third kappa shape index (κ3) is 1.37. The highest BCUT2D eigenvalue weighted by atomic mass is 79.9. The molecule has 5 rings (SSSR count). The normalized spacial score (nSPS) is 12.2. The van der Waals surface area contributed by atoms with Gasteiger partial charge in [-0.25, -0.2) is 0 Å². The number of aromatic nitrogens is 3. The second-order valence-corrected chi connectivity index (χ2v) is 6.46. The number of fused-ring (bicyclic) bond motifs is 8. The van der Waals surface area contributed by atoms with Gasteiger partial charge >= 0.3 is 0 Å². The Hall–Kier alpha value is -3.00. The summed E-state index contributed by atoms with van der Waals surface area (Å²) in [5.74, 6) is 0. The zero-order chi connectivity index (χ0) is 16.7. The molecule has 24 heavy (non-hydrogen) atoms. The number of hydrogen-bond acceptors (Lipinski definition) is 4. The number of halogens is 1. The number of H-pyrrole nitrogens is 3. The van der Waals surface area contributed by atoms with Crippen molar-refractivity contribution >= 4 is 59.3 Å². The summed E-state index contributed by atoms with van der Waals surface area (Å²) >= 11 is 3.42. The van der Waals surface area contributed by atoms with Gasteiger partial charge < -0.3 is 4.98 Å². The van der Waals surface area contributed by atoms with Gasteiger partial charge in [0.1, 0.15) is 0 Å². The molecule has 8 heteroatoms. The smallest absolute Gasteiger partial charge is 0.261 e. The number of para-hydroxylation sites is 1. The Bertz CT molecular complexity index is 1540. The molecule has 0 aliphatic carbocycles. The molecule has 0 spiro atoms. The minimum atomic E-state index is -0.671. The Labute approximate surface area is 138 Å². The molecule has 0 atom stereocenters. The lowest BCUT2D eigenvalue weighted by Gasteiger charge is -1.96. The number of nitrogens with one attached hydrogen (secondary N) is 3. The summed E-state index contributed by atoms with van der Waals surface area (Å²) in [6.45, 7) is 0. The largest absolute Gasteiger partial charge is 0.353 e. The molecule has 0 aliphatic heterocycles. The van der Waals surface area contributed by atoms with Gasteiger partial charge in [-0.1, -0.05) is 12.1 Å². The van der Waals surface area contributed by atoms with E-state index in [2.05, 4.69) is 30.9 Å². The molecule has 3 heterocycles. The van der Waals surface area contributed by atoms with Gasteiger partial charge in [0.2, 0.25) is 0 Å². The Morgan fingerprint density at radius 3 is 1.83 bits per heavy atom. The van der Waals surface area contributed by atoms with Crippen LogP contribution in [0.2, 0.25) is 0 Å². The van der Waals surface area contributed by atoms with E-state index < -0.39 is 22.2 Å². The van der Waals surface area contributed by atoms with Crippen molar-refractivity contribution in [2.75, 3.05) is 0 Å². The highest BCUT2D eigenvalue weighted by Gasteiger charge is 2.24. The monoisotopic (exact) mass is 383 g/mol. The van der Waals surface area contributed by atoms with Gasteiger partial charge in [-0.3, -0.25) is 29.1 Å². The van der Waals surface area contributed by atoms with Gasteiger partial charge in [-0.05, 0) is 22.0 Å². The molecule has 116 valence electrons. The van der Waals surface area contributed by atoms with E-state index in [0.717, 1.165) is 4.47 Å². The van der Waals surface area contributed by atoms with Crippen molar-refractivity contribution in [1.29, 1.82) is 0 Å². The molecule has 0 saturated carbocycles. The van der Waals surface area contributed by atoms with E-state index in [1.54, 1.807) is 12.1 Å². The zero-order valence-corrected chi connectivity index (χ0v) is 13.3. The Morgan fingerprint density at radius 2 is 1.17 bits per heavy atom. The van der Waals surface area contributed by atoms with Crippen molar-refractivity contribution in [2.45, 2.75) is 0 Å². The van der Waals surface area contributed by atoms with Crippen LogP contribution in [0.5, 0.6) is 0 Å². The van der Waals surface area contributed by atoms with E-state index in [0.29, 0.717) is 21.8 Å². The first-order chi connectivity index (χ1) is 11.5. The van der Waals surface area contributed by atoms with Gasteiger partial charge in [0, 0.05) is 15.2 Å². The number of benzene rings is 2. The summed E-state index contributed by atoms with van der Waals surface area (Å²) in [6.07, 6.45) is 0. The van der Waals surface area contributed by atoms with Crippen LogP contribution in [0.1, 0.15) is 0 Å². The lowest BCUT2D eigenvalue weighted by atomic mass is 10.0. The second-order valence-electron chi connectivity index (χ2n) is 5.60. The summed E-state index contributed by atoms with van der Waals surface area (Å²) < 4.78 is 0.744. The van der Waals surface area contributed by atoms with Crippen molar-refractivity contribution in [3.8, 4) is 0 Å². The SMILES string of the molecule is O=c1[nH]c(=O)c2c1c1[nH]c3c(Br)cccc3c1c1c(=O)[nH]c(=O)c21. The Kier molecular flexibility index (Phi) is 2.29. The molecule has 0 radical (unpaired) electrons. The van der Waals surface area contributed by atoms with Crippen molar-refractivity contribution in [3.05, 3.63) is 64.1 Å². The van der Waals surface area contributed by atoms with Crippen LogP contribution in [0, 0.1) is 0 Å². The molecule has 3 N–H and O–H groups in total. The maximum Gasteiger partial charge on any atom is 0.261 e. The van der Waals surface area contributed by atoms with Crippen molar-refractivity contribution in [1.82, 2.24) is 15.0 Å². The van der Waals surface area contributed by atoms with E-state index in [1.165, 1.54) is 0 Å². The lowest BCUT2D eigenvalue weighted by Crippen LogP contribution is -2.08. The fourth-order valence-corrected chi connectivity index (χ4v) is 3.96. The van der Waals surface area contributed by atoms with E-state index in [9.17, 15) is 19.2 Å². The lowest BCUT2D eigenvalue weighted by molar-refractivity contribution is 1.26. The summed E-state index contributed by atoms with van der Waals surface area (Å²) in [7, 11) is 0. The van der Waals surface area contributed by atoms with E-state index in [4.69, 9.17) is 0 Å². The molecule has 3 aromatic heterocycles. The average molecular weight is 384 g/mol. The molecule has 0 unspecified atom stereocenters. The van der Waals surface area contributed by atoms with Crippen LogP contribution in [0.15, 0.2) is 41.8 Å². The average Bonchev–Trinajstić information content (AvgIpc) is 3.13. The highest BCUT2D eigenvalue weighted by molar-refractivity contribution is 9.10. The summed E-state index contributed by atoms with van der Waals surface area (Å²) in [4.78, 5) is 56.5. The fraction of sp³-hybridized carbons (Fsp3) is 0. The molecule has 0 aliphatic rings. The van der Waals surface area contributed by atoms with Crippen LogP contribution in [0.3, 0.4) is 0 Å². The maximum atomic E-state index is 12.3. The first-order valence-corrected chi connectivity index (χ1v) is 7.79. The van der Waals surface area contributed by atoms with Crippen LogP contribution in [-0.4, -0.2) is 15.0 Å². The molecule has 2 aromatic carbocycles. The van der Waals surface area contributed by atoms with Crippen LogP contribution >= 0.6 is 15.9 Å². The quantitative estimate of drug-likeness (QED) is 0.374. The van der Waals surface area contributed by atoms with Crippen LogP contribution in [0.4, 0.5) is 0 Å². The maximum absolute atomic E-state index is 12.3. The number of hydrogen-bond donors (Lipinski definition) is 3. The summed E-state index contributed by atoms with van der Waals surface area (Å²) in [6, 6.07) is 5.39. The topological polar surface area (TPSA) is 116 Å². The van der Waals surface area contributed by atoms with Crippen molar-refractivity contribution < 1.29 is 0 Å². The van der Waals surface area contributed by atoms with Crippen LogP contribution in [0.25, 0.3) is 43.4 Å². The molecular weight excluding hydrogens is 378 g/mol. The van der Waals surface area contributed by atoms with Crippen molar-refractivity contribution in [3.63, 3.8) is 0 Å². The number of rotatable bonds is 0. The summed E-state index contributed by atoms with van der Waals surface area (Å²) in [5.41, 5.74) is -1.44. The molecule has 0 bridgehead atoms. The second kappa shape index (κ2) is 4.09. The van der Waals surface area contributed by atoms with Gasteiger partial charge in [0.05, 0.1) is 32.6 Å². The van der Waals surface area contributed by atoms with Gasteiger partial charge in [-0.2, -0.15) is 0 Å². The fourth-order valence-electron chi connectivity index (χ4n) is 3.49. The minimum absolute atomic E-state index is 0.0354. The summed E-state index contributed by atoms with van der Waals surface area (Å²) in [5, 5.41) is 1.30. The predicted molar refractivity (Wildman–Crippen MR) is 94.7 cm³/mol. The first-order valence-electron chi connectivity index (χ1n) is 7.00. The van der Waals surface area contributed by atoms with Gasteiger partial charge in [0.25, 0.3) is 22.2 Å². The highest BCUT2D eigenvalue weighted by Crippen LogP contribution is 2.36. The van der Waals surface area contributed by atoms with Gasteiger partial charge in [-0.15, -0.1) is 0 Å². The standard InChI is InChI=1S/C16H6BrN3O4/c17-5-3-1-2-4-6-7-8(14(22)19-13(7)21)9-10(12(6)18-11(4)5)16(24)20-15(9)23/h1-3,18H,(H,19,21,22)(H,20,23,24). The Balaban J connectivity index is 2.39. The third-order valence-electron chi connectivity index (χ3n) is 4.40. The number of aromatic amines is 3. The molecular formula is C16H6BrN3O4.